The summed E-state index contributed by atoms with van der Waals surface area (Å²) in [6.45, 7) is 6.86. The molecule has 0 saturated carbocycles. The van der Waals surface area contributed by atoms with E-state index in [0.29, 0.717) is 5.56 Å². The normalized spacial score (nSPS) is 12.0. The lowest BCUT2D eigenvalue weighted by Gasteiger charge is -2.09. The van der Waals surface area contributed by atoms with E-state index >= 15 is 0 Å². The van der Waals surface area contributed by atoms with Gasteiger partial charge < -0.3 is 9.51 Å². The van der Waals surface area contributed by atoms with E-state index < -0.39 is 10.0 Å². The quantitative estimate of drug-likeness (QED) is 0.741. The van der Waals surface area contributed by atoms with Crippen LogP contribution in [0.2, 0.25) is 0 Å². The van der Waals surface area contributed by atoms with Gasteiger partial charge in [-0.2, -0.15) is 0 Å². The summed E-state index contributed by atoms with van der Waals surface area (Å²) in [5.41, 5.74) is 3.10. The van der Waals surface area contributed by atoms with Gasteiger partial charge in [0.05, 0.1) is 5.52 Å². The minimum atomic E-state index is -3.82. The first-order valence-electron chi connectivity index (χ1n) is 7.75. The molecule has 25 heavy (non-hydrogen) atoms. The van der Waals surface area contributed by atoms with Crippen LogP contribution in [0.3, 0.4) is 0 Å². The van der Waals surface area contributed by atoms with Crippen LogP contribution in [0.15, 0.2) is 32.4 Å². The van der Waals surface area contributed by atoms with E-state index in [4.69, 9.17) is 4.52 Å². The topological polar surface area (TPSA) is 105 Å². The summed E-state index contributed by atoms with van der Waals surface area (Å²) < 4.78 is 32.3. The molecular formula is C17H19N3O4S. The highest BCUT2D eigenvalue weighted by Crippen LogP contribution is 2.20. The van der Waals surface area contributed by atoms with Crippen LogP contribution in [0.5, 0.6) is 0 Å². The number of fused-ring (bicyclic) bond motifs is 1. The number of hydrogen-bond acceptors (Lipinski definition) is 5. The van der Waals surface area contributed by atoms with Gasteiger partial charge in [-0.15, -0.1) is 0 Å². The van der Waals surface area contributed by atoms with Crippen LogP contribution in [0.4, 0.5) is 0 Å². The van der Waals surface area contributed by atoms with E-state index in [1.54, 1.807) is 13.0 Å². The standard InChI is InChI=1S/C17H19N3O4S/c1-9-5-10(2)15-13(6-9)7-14(17(21)19-15)8-18-25(22,23)16-11(3)20-24-12(16)4/h5-7,18H,8H2,1-4H3,(H,19,21). The van der Waals surface area contributed by atoms with E-state index in [9.17, 15) is 13.2 Å². The second-order valence-corrected chi connectivity index (χ2v) is 7.85. The predicted octanol–water partition coefficient (Wildman–Crippen LogP) is 2.23. The minimum absolute atomic E-state index is 0.0106. The van der Waals surface area contributed by atoms with Crippen LogP contribution < -0.4 is 10.3 Å². The Morgan fingerprint density at radius 1 is 1.16 bits per heavy atom. The molecule has 2 N–H and O–H groups in total. The second-order valence-electron chi connectivity index (χ2n) is 6.15. The van der Waals surface area contributed by atoms with Gasteiger partial charge in [-0.25, -0.2) is 13.1 Å². The second kappa shape index (κ2) is 6.12. The van der Waals surface area contributed by atoms with Gasteiger partial charge in [-0.1, -0.05) is 16.8 Å². The third kappa shape index (κ3) is 3.22. The summed E-state index contributed by atoms with van der Waals surface area (Å²) in [6.07, 6.45) is 0. The van der Waals surface area contributed by atoms with Crippen molar-refractivity contribution in [1.82, 2.24) is 14.9 Å². The summed E-state index contributed by atoms with van der Waals surface area (Å²) in [4.78, 5) is 15.1. The molecule has 0 spiro atoms. The molecule has 0 amide bonds. The number of sulfonamides is 1. The molecule has 132 valence electrons. The fraction of sp³-hybridized carbons (Fsp3) is 0.294. The minimum Gasteiger partial charge on any atom is -0.360 e. The van der Waals surface area contributed by atoms with Crippen molar-refractivity contribution in [1.29, 1.82) is 0 Å². The van der Waals surface area contributed by atoms with E-state index in [-0.39, 0.29) is 28.5 Å². The molecule has 0 aliphatic rings. The zero-order valence-electron chi connectivity index (χ0n) is 14.4. The maximum atomic E-state index is 12.5. The van der Waals surface area contributed by atoms with Crippen molar-refractivity contribution < 1.29 is 12.9 Å². The maximum Gasteiger partial charge on any atom is 0.252 e. The fourth-order valence-electron chi connectivity index (χ4n) is 2.97. The number of hydrogen-bond donors (Lipinski definition) is 2. The van der Waals surface area contributed by atoms with Gasteiger partial charge in [0.2, 0.25) is 10.0 Å². The van der Waals surface area contributed by atoms with Crippen molar-refractivity contribution in [2.24, 2.45) is 0 Å². The molecule has 1 aromatic carbocycles. The first-order valence-corrected chi connectivity index (χ1v) is 9.23. The molecule has 3 rings (SSSR count). The Morgan fingerprint density at radius 3 is 2.52 bits per heavy atom. The van der Waals surface area contributed by atoms with Crippen LogP contribution in [-0.4, -0.2) is 18.6 Å². The zero-order chi connectivity index (χ0) is 18.4. The lowest BCUT2D eigenvalue weighted by atomic mass is 10.1. The lowest BCUT2D eigenvalue weighted by Crippen LogP contribution is -2.27. The molecule has 0 atom stereocenters. The molecule has 0 aliphatic carbocycles. The molecule has 0 unspecified atom stereocenters. The largest absolute Gasteiger partial charge is 0.360 e. The summed E-state index contributed by atoms with van der Waals surface area (Å²) in [5.74, 6) is 0.212. The van der Waals surface area contributed by atoms with Gasteiger partial charge in [-0.3, -0.25) is 4.79 Å². The van der Waals surface area contributed by atoms with Crippen LogP contribution in [0, 0.1) is 27.7 Å². The Labute approximate surface area is 145 Å². The molecule has 0 fully saturated rings. The van der Waals surface area contributed by atoms with E-state index in [1.807, 2.05) is 26.0 Å². The van der Waals surface area contributed by atoms with Crippen molar-refractivity contribution in [3.8, 4) is 0 Å². The van der Waals surface area contributed by atoms with E-state index in [0.717, 1.165) is 22.0 Å². The summed E-state index contributed by atoms with van der Waals surface area (Å²) in [7, 11) is -3.82. The molecule has 3 aromatic rings. The van der Waals surface area contributed by atoms with Gasteiger partial charge >= 0.3 is 0 Å². The molecule has 7 nitrogen and oxygen atoms in total. The zero-order valence-corrected chi connectivity index (χ0v) is 15.2. The van der Waals surface area contributed by atoms with Crippen LogP contribution in [0.25, 0.3) is 10.9 Å². The van der Waals surface area contributed by atoms with E-state index in [2.05, 4.69) is 14.9 Å². The van der Waals surface area contributed by atoms with Crippen molar-refractivity contribution in [3.05, 3.63) is 56.7 Å². The summed E-state index contributed by atoms with van der Waals surface area (Å²) in [5, 5.41) is 4.52. The lowest BCUT2D eigenvalue weighted by molar-refractivity contribution is 0.390. The highest BCUT2D eigenvalue weighted by Gasteiger charge is 2.24. The molecular weight excluding hydrogens is 342 g/mol. The number of pyridine rings is 1. The molecule has 0 aliphatic heterocycles. The number of aromatic amines is 1. The third-order valence-electron chi connectivity index (χ3n) is 4.06. The van der Waals surface area contributed by atoms with Crippen LogP contribution in [-0.2, 0) is 16.6 Å². The Balaban J connectivity index is 1.96. The molecule has 0 radical (unpaired) electrons. The first-order chi connectivity index (χ1) is 11.7. The highest BCUT2D eigenvalue weighted by atomic mass is 32.2. The van der Waals surface area contributed by atoms with Gasteiger partial charge in [0, 0.05) is 12.1 Å². The van der Waals surface area contributed by atoms with Crippen molar-refractivity contribution in [2.75, 3.05) is 0 Å². The Hall–Kier alpha value is -2.45. The number of nitrogens with zero attached hydrogens (tertiary/aromatic N) is 1. The molecule has 0 saturated heterocycles. The maximum absolute atomic E-state index is 12.5. The monoisotopic (exact) mass is 361 g/mol. The number of aryl methyl sites for hydroxylation is 4. The SMILES string of the molecule is Cc1cc(C)c2[nH]c(=O)c(CNS(=O)(=O)c3c(C)noc3C)cc2c1. The molecule has 2 aromatic heterocycles. The van der Waals surface area contributed by atoms with Gasteiger partial charge in [0.1, 0.15) is 10.6 Å². The summed E-state index contributed by atoms with van der Waals surface area (Å²) in [6, 6.07) is 5.65. The highest BCUT2D eigenvalue weighted by molar-refractivity contribution is 7.89. The Morgan fingerprint density at radius 2 is 1.88 bits per heavy atom. The van der Waals surface area contributed by atoms with Crippen molar-refractivity contribution >= 4 is 20.9 Å². The first kappa shape index (κ1) is 17.4. The predicted molar refractivity (Wildman–Crippen MR) is 94.0 cm³/mol. The Kier molecular flexibility index (Phi) is 4.26. The summed E-state index contributed by atoms with van der Waals surface area (Å²) >= 11 is 0. The smallest absolute Gasteiger partial charge is 0.252 e. The van der Waals surface area contributed by atoms with Crippen molar-refractivity contribution in [3.63, 3.8) is 0 Å². The molecule has 8 heteroatoms. The number of H-pyrrole nitrogens is 1. The fourth-order valence-corrected chi connectivity index (χ4v) is 4.30. The molecule has 2 heterocycles. The van der Waals surface area contributed by atoms with E-state index in [1.165, 1.54) is 6.92 Å². The van der Waals surface area contributed by atoms with Crippen LogP contribution >= 0.6 is 0 Å². The number of aromatic nitrogens is 2. The van der Waals surface area contributed by atoms with Crippen molar-refractivity contribution in [2.45, 2.75) is 39.1 Å². The number of rotatable bonds is 4. The van der Waals surface area contributed by atoms with Crippen LogP contribution in [0.1, 0.15) is 28.1 Å². The molecule has 0 bridgehead atoms. The number of nitrogens with one attached hydrogen (secondary N) is 2. The Bertz CT molecular complexity index is 1110. The van der Waals surface area contributed by atoms with Gasteiger partial charge in [0.15, 0.2) is 5.76 Å². The third-order valence-corrected chi connectivity index (χ3v) is 5.70. The average molecular weight is 361 g/mol. The van der Waals surface area contributed by atoms with Gasteiger partial charge in [0.25, 0.3) is 5.56 Å². The number of benzene rings is 1. The van der Waals surface area contributed by atoms with Gasteiger partial charge in [-0.05, 0) is 50.8 Å². The average Bonchev–Trinajstić information content (AvgIpc) is 2.86.